The van der Waals surface area contributed by atoms with Crippen LogP contribution in [0.15, 0.2) is 97.1 Å². The summed E-state index contributed by atoms with van der Waals surface area (Å²) in [5.41, 5.74) is 3.09. The Labute approximate surface area is 255 Å². The number of carbonyl (C=O) groups excluding carboxylic acids is 4. The molecule has 0 saturated heterocycles. The van der Waals surface area contributed by atoms with Gasteiger partial charge >= 0.3 is 23.9 Å². The lowest BCUT2D eigenvalue weighted by atomic mass is 9.87. The zero-order chi connectivity index (χ0) is 32.7. The molecule has 0 fully saturated rings. The second-order valence-electron chi connectivity index (χ2n) is 12.0. The first kappa shape index (κ1) is 33.5. The second-order valence-corrected chi connectivity index (χ2v) is 12.0. The number of rotatable bonds is 4. The minimum absolute atomic E-state index is 0.00700. The number of carbonyl (C=O) groups is 4. The van der Waals surface area contributed by atoms with Crippen LogP contribution in [0.5, 0.6) is 0 Å². The highest BCUT2D eigenvalue weighted by Crippen LogP contribution is 2.24. The van der Waals surface area contributed by atoms with Crippen LogP contribution in [-0.4, -0.2) is 23.9 Å². The highest BCUT2D eigenvalue weighted by atomic mass is 19.1. The maximum atomic E-state index is 12.7. The molecule has 0 saturated carbocycles. The molecule has 8 heteroatoms. The van der Waals surface area contributed by atoms with Crippen molar-refractivity contribution in [1.82, 2.24) is 0 Å². The van der Waals surface area contributed by atoms with Crippen molar-refractivity contribution in [1.29, 1.82) is 0 Å². The third kappa shape index (κ3) is 9.52. The number of esters is 4. The first-order valence-electron chi connectivity index (χ1n) is 13.8. The standard InChI is InChI=1S/C22H26O3.C14H8F2O3/c1-21(2,3)17-11-7-15(8-12-17)19(23)25-20(24)16-9-13-18(14-10-16)22(4,5)6;15-11-5-1-9(2-6-11)13(17)19-14(18)10-3-7-12(16)8-4-10/h7-14H,1-6H3;1-8H. The molecule has 0 aliphatic carbocycles. The molecule has 0 amide bonds. The van der Waals surface area contributed by atoms with Gasteiger partial charge in [-0.05, 0) is 94.8 Å². The van der Waals surface area contributed by atoms with Crippen LogP contribution in [-0.2, 0) is 20.3 Å². The second kappa shape index (κ2) is 14.0. The van der Waals surface area contributed by atoms with Gasteiger partial charge in [-0.2, -0.15) is 0 Å². The van der Waals surface area contributed by atoms with Gasteiger partial charge in [0.1, 0.15) is 11.6 Å². The Hall–Kier alpha value is -4.98. The van der Waals surface area contributed by atoms with Crippen molar-refractivity contribution in [3.05, 3.63) is 142 Å². The van der Waals surface area contributed by atoms with Crippen LogP contribution in [0.3, 0.4) is 0 Å². The molecular formula is C36H34F2O6. The molecule has 0 bridgehead atoms. The third-order valence-electron chi connectivity index (χ3n) is 6.50. The Morgan fingerprint density at radius 3 is 0.818 bits per heavy atom. The van der Waals surface area contributed by atoms with Crippen LogP contribution < -0.4 is 0 Å². The fourth-order valence-corrected chi connectivity index (χ4v) is 3.79. The maximum absolute atomic E-state index is 12.7. The average molecular weight is 601 g/mol. The van der Waals surface area contributed by atoms with Crippen LogP contribution in [0.1, 0.15) is 94.1 Å². The van der Waals surface area contributed by atoms with E-state index in [0.717, 1.165) is 35.4 Å². The van der Waals surface area contributed by atoms with Crippen molar-refractivity contribution < 1.29 is 37.4 Å². The summed E-state index contributed by atoms with van der Waals surface area (Å²) in [6.07, 6.45) is 0. The van der Waals surface area contributed by atoms with E-state index in [4.69, 9.17) is 4.74 Å². The van der Waals surface area contributed by atoms with E-state index in [1.807, 2.05) is 24.3 Å². The van der Waals surface area contributed by atoms with Crippen LogP contribution in [0.4, 0.5) is 8.78 Å². The van der Waals surface area contributed by atoms with Gasteiger partial charge in [-0.3, -0.25) is 0 Å². The summed E-state index contributed by atoms with van der Waals surface area (Å²) in [5.74, 6) is -4.05. The number of benzene rings is 4. The fourth-order valence-electron chi connectivity index (χ4n) is 3.79. The van der Waals surface area contributed by atoms with E-state index >= 15 is 0 Å². The molecule has 6 nitrogen and oxygen atoms in total. The Bertz CT molecular complexity index is 1490. The van der Waals surface area contributed by atoms with E-state index in [1.54, 1.807) is 24.3 Å². The SMILES string of the molecule is CC(C)(C)c1ccc(C(=O)OC(=O)c2ccc(C(C)(C)C)cc2)cc1.O=C(OC(=O)c1ccc(F)cc1)c1ccc(F)cc1. The molecule has 0 atom stereocenters. The Morgan fingerprint density at radius 2 is 0.614 bits per heavy atom. The first-order chi connectivity index (χ1) is 20.5. The van der Waals surface area contributed by atoms with Gasteiger partial charge in [-0.25, -0.2) is 28.0 Å². The summed E-state index contributed by atoms with van der Waals surface area (Å²) in [4.78, 5) is 47.5. The van der Waals surface area contributed by atoms with Gasteiger partial charge in [-0.1, -0.05) is 65.8 Å². The van der Waals surface area contributed by atoms with E-state index in [2.05, 4.69) is 46.3 Å². The number of hydrogen-bond donors (Lipinski definition) is 0. The minimum atomic E-state index is -0.894. The Kier molecular flexibility index (Phi) is 10.7. The van der Waals surface area contributed by atoms with Crippen LogP contribution in [0.2, 0.25) is 0 Å². The van der Waals surface area contributed by atoms with Crippen LogP contribution >= 0.6 is 0 Å². The number of hydrogen-bond acceptors (Lipinski definition) is 6. The summed E-state index contributed by atoms with van der Waals surface area (Å²) in [7, 11) is 0. The van der Waals surface area contributed by atoms with E-state index in [1.165, 1.54) is 24.3 Å². The molecule has 0 radical (unpaired) electrons. The van der Waals surface area contributed by atoms with Gasteiger partial charge in [0, 0.05) is 0 Å². The maximum Gasteiger partial charge on any atom is 0.346 e. The highest BCUT2D eigenvalue weighted by molar-refractivity contribution is 6.03. The molecule has 0 aliphatic heterocycles. The lowest BCUT2D eigenvalue weighted by Crippen LogP contribution is -2.15. The zero-order valence-electron chi connectivity index (χ0n) is 25.4. The van der Waals surface area contributed by atoms with Crippen molar-refractivity contribution >= 4 is 23.9 Å². The molecule has 4 aromatic carbocycles. The summed E-state index contributed by atoms with van der Waals surface area (Å²) < 4.78 is 34.9. The van der Waals surface area contributed by atoms with E-state index in [0.29, 0.717) is 11.1 Å². The summed E-state index contributed by atoms with van der Waals surface area (Å²) >= 11 is 0. The van der Waals surface area contributed by atoms with E-state index < -0.39 is 35.5 Å². The van der Waals surface area contributed by atoms with E-state index in [9.17, 15) is 28.0 Å². The Balaban J connectivity index is 0.000000249. The molecule has 0 N–H and O–H groups in total. The van der Waals surface area contributed by atoms with Crippen molar-refractivity contribution in [2.24, 2.45) is 0 Å². The lowest BCUT2D eigenvalue weighted by Gasteiger charge is -2.19. The predicted octanol–water partition coefficient (Wildman–Crippen LogP) is 8.24. The van der Waals surface area contributed by atoms with Gasteiger partial charge in [0.2, 0.25) is 0 Å². The molecule has 44 heavy (non-hydrogen) atoms. The quantitative estimate of drug-likeness (QED) is 0.173. The van der Waals surface area contributed by atoms with Crippen molar-refractivity contribution in [3.8, 4) is 0 Å². The molecule has 0 aliphatic rings. The molecule has 228 valence electrons. The average Bonchev–Trinajstić information content (AvgIpc) is 2.97. The van der Waals surface area contributed by atoms with Crippen molar-refractivity contribution in [2.45, 2.75) is 52.4 Å². The normalized spacial score (nSPS) is 11.1. The van der Waals surface area contributed by atoms with Gasteiger partial charge in [0.25, 0.3) is 0 Å². The third-order valence-corrected chi connectivity index (χ3v) is 6.50. The van der Waals surface area contributed by atoms with Gasteiger partial charge in [-0.15, -0.1) is 0 Å². The van der Waals surface area contributed by atoms with Crippen molar-refractivity contribution in [2.75, 3.05) is 0 Å². The van der Waals surface area contributed by atoms with Gasteiger partial charge in [0.05, 0.1) is 22.3 Å². The monoisotopic (exact) mass is 600 g/mol. The summed E-state index contributed by atoms with van der Waals surface area (Å²) in [6.45, 7) is 12.6. The molecule has 4 aromatic rings. The molecule has 0 unspecified atom stereocenters. The Morgan fingerprint density at radius 1 is 0.409 bits per heavy atom. The highest BCUT2D eigenvalue weighted by Gasteiger charge is 2.19. The molecule has 0 heterocycles. The minimum Gasteiger partial charge on any atom is -0.386 e. The molecule has 0 spiro atoms. The molecule has 4 rings (SSSR count). The predicted molar refractivity (Wildman–Crippen MR) is 163 cm³/mol. The molecule has 0 aromatic heterocycles. The molecular weight excluding hydrogens is 566 g/mol. The van der Waals surface area contributed by atoms with Crippen LogP contribution in [0.25, 0.3) is 0 Å². The zero-order valence-corrected chi connectivity index (χ0v) is 25.4. The first-order valence-corrected chi connectivity index (χ1v) is 13.8. The summed E-state index contributed by atoms with van der Waals surface area (Å²) in [5, 5.41) is 0. The lowest BCUT2D eigenvalue weighted by molar-refractivity contribution is 0.0380. The van der Waals surface area contributed by atoms with Crippen LogP contribution in [0, 0.1) is 11.6 Å². The summed E-state index contributed by atoms with van der Waals surface area (Å²) in [6, 6.07) is 23.5. The smallest absolute Gasteiger partial charge is 0.346 e. The fraction of sp³-hybridized carbons (Fsp3) is 0.222. The van der Waals surface area contributed by atoms with Crippen molar-refractivity contribution in [3.63, 3.8) is 0 Å². The number of halogens is 2. The van der Waals surface area contributed by atoms with E-state index in [-0.39, 0.29) is 22.0 Å². The largest absolute Gasteiger partial charge is 0.386 e. The number of ether oxygens (including phenoxy) is 2. The topological polar surface area (TPSA) is 86.7 Å². The van der Waals surface area contributed by atoms with Gasteiger partial charge in [0.15, 0.2) is 0 Å². The van der Waals surface area contributed by atoms with Gasteiger partial charge < -0.3 is 9.47 Å².